The molecule has 0 aromatic heterocycles. The number of amides is 2. The Labute approximate surface area is 175 Å². The van der Waals surface area contributed by atoms with E-state index in [1.54, 1.807) is 24.3 Å². The molecule has 148 valence electrons. The van der Waals surface area contributed by atoms with Gasteiger partial charge in [0.25, 0.3) is 11.8 Å². The molecule has 0 heterocycles. The number of quaternary nitrogens is 1. The topological polar surface area (TPSA) is 74.8 Å². The summed E-state index contributed by atoms with van der Waals surface area (Å²) in [5.41, 5.74) is 2.55. The molecule has 0 spiro atoms. The van der Waals surface area contributed by atoms with E-state index in [1.165, 1.54) is 0 Å². The van der Waals surface area contributed by atoms with Crippen LogP contribution in [0.3, 0.4) is 0 Å². The van der Waals surface area contributed by atoms with Crippen molar-refractivity contribution in [2.24, 2.45) is 0 Å². The lowest BCUT2D eigenvalue weighted by Gasteiger charge is -2.14. The SMILES string of the molecule is C[C@@H]([NH2+]CC(=O)Nc1ccccc1C(=O)Nc1ccccc1)c1ccccc1Cl. The monoisotopic (exact) mass is 408 g/mol. The first kappa shape index (κ1) is 20.6. The average Bonchev–Trinajstić information content (AvgIpc) is 2.73. The Morgan fingerprint density at radius 1 is 0.897 bits per heavy atom. The molecule has 0 bridgehead atoms. The standard InChI is InChI=1S/C23H22ClN3O2/c1-16(18-11-5-7-13-20(18)24)25-15-22(28)27-21-14-8-6-12-19(21)23(29)26-17-9-3-2-4-10-17/h2-14,16,25H,15H2,1H3,(H,26,29)(H,27,28)/p+1/t16-/m1/s1. The van der Waals surface area contributed by atoms with E-state index in [0.29, 0.717) is 22.0 Å². The number of nitrogens with two attached hydrogens (primary N) is 1. The number of carbonyl (C=O) groups is 2. The van der Waals surface area contributed by atoms with Crippen LogP contribution in [0.4, 0.5) is 11.4 Å². The first-order valence-corrected chi connectivity index (χ1v) is 9.75. The molecule has 0 saturated carbocycles. The van der Waals surface area contributed by atoms with E-state index in [1.807, 2.05) is 66.8 Å². The van der Waals surface area contributed by atoms with Crippen LogP contribution in [0.5, 0.6) is 0 Å². The van der Waals surface area contributed by atoms with Crippen molar-refractivity contribution >= 4 is 34.8 Å². The number of halogens is 1. The Hall–Kier alpha value is -3.15. The molecule has 3 aromatic rings. The van der Waals surface area contributed by atoms with Gasteiger partial charge in [-0.3, -0.25) is 9.59 Å². The third-order valence-electron chi connectivity index (χ3n) is 4.53. The molecule has 0 unspecified atom stereocenters. The van der Waals surface area contributed by atoms with E-state index in [4.69, 9.17) is 11.6 Å². The number of anilines is 2. The summed E-state index contributed by atoms with van der Waals surface area (Å²) in [4.78, 5) is 25.1. The van der Waals surface area contributed by atoms with Gasteiger partial charge in [0.05, 0.1) is 11.3 Å². The zero-order valence-electron chi connectivity index (χ0n) is 16.1. The third-order valence-corrected chi connectivity index (χ3v) is 4.87. The first-order chi connectivity index (χ1) is 14.0. The van der Waals surface area contributed by atoms with Crippen LogP contribution in [0.25, 0.3) is 0 Å². The largest absolute Gasteiger partial charge is 0.332 e. The van der Waals surface area contributed by atoms with Gasteiger partial charge in [0, 0.05) is 16.3 Å². The Bertz CT molecular complexity index is 992. The molecule has 0 saturated heterocycles. The lowest BCUT2D eigenvalue weighted by Crippen LogP contribution is -2.86. The van der Waals surface area contributed by atoms with E-state index in [-0.39, 0.29) is 24.4 Å². The molecule has 5 nitrogen and oxygen atoms in total. The number of benzene rings is 3. The Balaban J connectivity index is 1.62. The van der Waals surface area contributed by atoms with Crippen LogP contribution in [0.2, 0.25) is 5.02 Å². The smallest absolute Gasteiger partial charge is 0.279 e. The Morgan fingerprint density at radius 2 is 1.55 bits per heavy atom. The first-order valence-electron chi connectivity index (χ1n) is 9.37. The van der Waals surface area contributed by atoms with Crippen LogP contribution < -0.4 is 16.0 Å². The van der Waals surface area contributed by atoms with Crippen molar-refractivity contribution < 1.29 is 14.9 Å². The molecule has 6 heteroatoms. The van der Waals surface area contributed by atoms with Crippen LogP contribution in [-0.2, 0) is 4.79 Å². The number of para-hydroxylation sites is 2. The van der Waals surface area contributed by atoms with Crippen molar-refractivity contribution in [2.45, 2.75) is 13.0 Å². The highest BCUT2D eigenvalue weighted by Crippen LogP contribution is 2.20. The zero-order valence-corrected chi connectivity index (χ0v) is 16.8. The van der Waals surface area contributed by atoms with Crippen molar-refractivity contribution in [3.8, 4) is 0 Å². The summed E-state index contributed by atoms with van der Waals surface area (Å²) in [6, 6.07) is 23.8. The van der Waals surface area contributed by atoms with E-state index in [0.717, 1.165) is 5.56 Å². The Kier molecular flexibility index (Phi) is 7.00. The molecular weight excluding hydrogens is 386 g/mol. The van der Waals surface area contributed by atoms with Crippen LogP contribution in [-0.4, -0.2) is 18.4 Å². The van der Waals surface area contributed by atoms with Gasteiger partial charge in [-0.05, 0) is 37.3 Å². The van der Waals surface area contributed by atoms with Crippen LogP contribution in [0.15, 0.2) is 78.9 Å². The summed E-state index contributed by atoms with van der Waals surface area (Å²) < 4.78 is 0. The maximum Gasteiger partial charge on any atom is 0.279 e. The molecule has 3 aromatic carbocycles. The molecule has 0 fully saturated rings. The number of nitrogens with one attached hydrogen (secondary N) is 2. The molecule has 3 rings (SSSR count). The number of rotatable bonds is 7. The molecule has 0 aliphatic carbocycles. The summed E-state index contributed by atoms with van der Waals surface area (Å²) in [5, 5.41) is 8.26. The number of carbonyl (C=O) groups excluding carboxylic acids is 2. The fraction of sp³-hybridized carbons (Fsp3) is 0.130. The number of hydrogen-bond donors (Lipinski definition) is 3. The highest BCUT2D eigenvalue weighted by molar-refractivity contribution is 6.31. The predicted octanol–water partition coefficient (Wildman–Crippen LogP) is 3.86. The fourth-order valence-corrected chi connectivity index (χ4v) is 3.27. The van der Waals surface area contributed by atoms with Gasteiger partial charge in [-0.15, -0.1) is 0 Å². The highest BCUT2D eigenvalue weighted by atomic mass is 35.5. The molecular formula is C23H23ClN3O2+. The minimum atomic E-state index is -0.277. The van der Waals surface area contributed by atoms with Crippen molar-refractivity contribution in [1.82, 2.24) is 0 Å². The van der Waals surface area contributed by atoms with Gasteiger partial charge in [-0.1, -0.05) is 60.1 Å². The summed E-state index contributed by atoms with van der Waals surface area (Å²) in [6.45, 7) is 2.21. The lowest BCUT2D eigenvalue weighted by atomic mass is 10.1. The predicted molar refractivity (Wildman–Crippen MR) is 116 cm³/mol. The summed E-state index contributed by atoms with van der Waals surface area (Å²) in [5.74, 6) is -0.468. The third kappa shape index (κ3) is 5.67. The van der Waals surface area contributed by atoms with Crippen molar-refractivity contribution in [1.29, 1.82) is 0 Å². The van der Waals surface area contributed by atoms with Crippen LogP contribution in [0.1, 0.15) is 28.9 Å². The minimum Gasteiger partial charge on any atom is -0.332 e. The van der Waals surface area contributed by atoms with Gasteiger partial charge in [-0.2, -0.15) is 0 Å². The van der Waals surface area contributed by atoms with Gasteiger partial charge < -0.3 is 16.0 Å². The number of hydrogen-bond acceptors (Lipinski definition) is 2. The maximum absolute atomic E-state index is 12.6. The summed E-state index contributed by atoms with van der Waals surface area (Å²) >= 11 is 6.22. The molecule has 4 N–H and O–H groups in total. The van der Waals surface area contributed by atoms with Gasteiger partial charge in [0.1, 0.15) is 6.04 Å². The second-order valence-corrected chi connectivity index (χ2v) is 7.07. The summed E-state index contributed by atoms with van der Waals surface area (Å²) in [6.07, 6.45) is 0. The van der Waals surface area contributed by atoms with Gasteiger partial charge in [-0.25, -0.2) is 0 Å². The fourth-order valence-electron chi connectivity index (χ4n) is 2.97. The second-order valence-electron chi connectivity index (χ2n) is 6.66. The normalized spacial score (nSPS) is 11.5. The van der Waals surface area contributed by atoms with E-state index < -0.39 is 0 Å². The molecule has 0 radical (unpaired) electrons. The van der Waals surface area contributed by atoms with E-state index in [2.05, 4.69) is 10.6 Å². The van der Waals surface area contributed by atoms with Crippen molar-refractivity contribution in [2.75, 3.05) is 17.2 Å². The summed E-state index contributed by atoms with van der Waals surface area (Å²) in [7, 11) is 0. The van der Waals surface area contributed by atoms with Crippen molar-refractivity contribution in [3.05, 3.63) is 95.0 Å². The van der Waals surface area contributed by atoms with Gasteiger partial charge in [0.15, 0.2) is 6.54 Å². The second kappa shape index (κ2) is 9.87. The van der Waals surface area contributed by atoms with Crippen molar-refractivity contribution in [3.63, 3.8) is 0 Å². The van der Waals surface area contributed by atoms with E-state index in [9.17, 15) is 9.59 Å². The van der Waals surface area contributed by atoms with Crippen LogP contribution >= 0.6 is 11.6 Å². The van der Waals surface area contributed by atoms with Crippen LogP contribution in [0, 0.1) is 0 Å². The molecule has 29 heavy (non-hydrogen) atoms. The maximum atomic E-state index is 12.6. The molecule has 0 aliphatic heterocycles. The van der Waals surface area contributed by atoms with Gasteiger partial charge >= 0.3 is 0 Å². The lowest BCUT2D eigenvalue weighted by molar-refractivity contribution is -0.682. The highest BCUT2D eigenvalue weighted by Gasteiger charge is 2.17. The average molecular weight is 409 g/mol. The minimum absolute atomic E-state index is 0.0334. The molecule has 0 aliphatic rings. The molecule has 2 amide bonds. The molecule has 1 atom stereocenters. The quantitative estimate of drug-likeness (QED) is 0.555. The zero-order chi connectivity index (χ0) is 20.6. The Morgan fingerprint density at radius 3 is 2.31 bits per heavy atom. The van der Waals surface area contributed by atoms with E-state index >= 15 is 0 Å². The van der Waals surface area contributed by atoms with Gasteiger partial charge in [0.2, 0.25) is 0 Å².